The first-order valence-electron chi connectivity index (χ1n) is 7.11. The number of piperidine rings is 1. The number of carbonyl (C=O) groups excluding carboxylic acids is 1. The lowest BCUT2D eigenvalue weighted by Gasteiger charge is -2.33. The number of aliphatic hydroxyl groups excluding tert-OH is 1. The van der Waals surface area contributed by atoms with Gasteiger partial charge in [0, 0.05) is 18.7 Å². The summed E-state index contributed by atoms with van der Waals surface area (Å²) in [6.45, 7) is 8.88. The lowest BCUT2D eigenvalue weighted by atomic mass is 9.95. The van der Waals surface area contributed by atoms with Gasteiger partial charge in [-0.05, 0) is 52.0 Å². The molecule has 1 heterocycles. The summed E-state index contributed by atoms with van der Waals surface area (Å²) >= 11 is 0. The van der Waals surface area contributed by atoms with Crippen molar-refractivity contribution in [1.29, 1.82) is 0 Å². The van der Waals surface area contributed by atoms with Crippen molar-refractivity contribution >= 4 is 5.91 Å². The molecule has 0 aromatic rings. The number of nitrogens with zero attached hydrogens (tertiary/aromatic N) is 1. The van der Waals surface area contributed by atoms with Crippen molar-refractivity contribution in [3.8, 4) is 0 Å². The number of nitrogens with one attached hydrogen (secondary N) is 1. The second-order valence-electron chi connectivity index (χ2n) is 6.04. The van der Waals surface area contributed by atoms with Gasteiger partial charge < -0.3 is 10.4 Å². The molecule has 106 valence electrons. The lowest BCUT2D eigenvalue weighted by molar-refractivity contribution is -0.124. The van der Waals surface area contributed by atoms with Gasteiger partial charge in [-0.1, -0.05) is 6.92 Å². The quantitative estimate of drug-likeness (QED) is 0.755. The molecule has 0 aromatic carbocycles. The number of carbonyl (C=O) groups is 1. The van der Waals surface area contributed by atoms with Crippen molar-refractivity contribution in [2.24, 2.45) is 5.92 Å². The van der Waals surface area contributed by atoms with Crippen molar-refractivity contribution < 1.29 is 9.90 Å². The van der Waals surface area contributed by atoms with Gasteiger partial charge in [-0.15, -0.1) is 0 Å². The van der Waals surface area contributed by atoms with E-state index in [9.17, 15) is 4.79 Å². The van der Waals surface area contributed by atoms with Crippen LogP contribution in [0.3, 0.4) is 0 Å². The fraction of sp³-hybridized carbons (Fsp3) is 0.929. The third-order valence-corrected chi connectivity index (χ3v) is 3.87. The van der Waals surface area contributed by atoms with E-state index in [4.69, 9.17) is 5.11 Å². The summed E-state index contributed by atoms with van der Waals surface area (Å²) in [5, 5.41) is 12.0. The average molecular weight is 256 g/mol. The molecule has 1 atom stereocenters. The van der Waals surface area contributed by atoms with Gasteiger partial charge in [-0.2, -0.15) is 0 Å². The highest BCUT2D eigenvalue weighted by Crippen LogP contribution is 2.19. The van der Waals surface area contributed by atoms with Gasteiger partial charge in [0.2, 0.25) is 5.91 Å². The Morgan fingerprint density at radius 1 is 1.50 bits per heavy atom. The van der Waals surface area contributed by atoms with Crippen LogP contribution in [0.1, 0.15) is 46.5 Å². The summed E-state index contributed by atoms with van der Waals surface area (Å²) in [6, 6.07) is 0. The van der Waals surface area contributed by atoms with Crippen LogP contribution >= 0.6 is 0 Å². The van der Waals surface area contributed by atoms with Crippen molar-refractivity contribution in [2.75, 3.05) is 26.2 Å². The number of likely N-dealkylation sites (tertiary alicyclic amines) is 1. The van der Waals surface area contributed by atoms with E-state index in [1.54, 1.807) is 0 Å². The molecule has 1 rings (SSSR count). The Morgan fingerprint density at radius 3 is 2.83 bits per heavy atom. The zero-order valence-corrected chi connectivity index (χ0v) is 12.0. The molecule has 1 aliphatic rings. The average Bonchev–Trinajstić information content (AvgIpc) is 2.29. The third kappa shape index (κ3) is 5.36. The van der Waals surface area contributed by atoms with Crippen molar-refractivity contribution in [3.63, 3.8) is 0 Å². The van der Waals surface area contributed by atoms with E-state index in [2.05, 4.69) is 31.0 Å². The van der Waals surface area contributed by atoms with Crippen LogP contribution in [0.5, 0.6) is 0 Å². The summed E-state index contributed by atoms with van der Waals surface area (Å²) in [4.78, 5) is 14.2. The van der Waals surface area contributed by atoms with Gasteiger partial charge >= 0.3 is 0 Å². The maximum absolute atomic E-state index is 11.9. The van der Waals surface area contributed by atoms with Crippen LogP contribution < -0.4 is 5.32 Å². The number of hydrogen-bond donors (Lipinski definition) is 2. The minimum atomic E-state index is -0.114. The molecule has 0 bridgehead atoms. The minimum absolute atomic E-state index is 0.114. The largest absolute Gasteiger partial charge is 0.396 e. The Labute approximate surface area is 111 Å². The standard InChI is InChI=1S/C14H28N2O2/c1-4-14(2,3)15-13(18)11-16-8-5-6-12(10-16)7-9-17/h12,17H,4-11H2,1-3H3,(H,15,18). The normalized spacial score (nSPS) is 21.9. The molecule has 1 fully saturated rings. The van der Waals surface area contributed by atoms with Crippen LogP contribution in [0.15, 0.2) is 0 Å². The first-order chi connectivity index (χ1) is 8.46. The van der Waals surface area contributed by atoms with E-state index in [-0.39, 0.29) is 18.1 Å². The summed E-state index contributed by atoms with van der Waals surface area (Å²) in [6.07, 6.45) is 4.11. The Kier molecular flexibility index (Phi) is 6.09. The molecule has 0 radical (unpaired) electrons. The Balaban J connectivity index is 2.35. The highest BCUT2D eigenvalue weighted by molar-refractivity contribution is 5.78. The van der Waals surface area contributed by atoms with E-state index >= 15 is 0 Å². The predicted octanol–water partition coefficient (Wildman–Crippen LogP) is 1.39. The molecule has 4 nitrogen and oxygen atoms in total. The maximum Gasteiger partial charge on any atom is 0.234 e. The van der Waals surface area contributed by atoms with E-state index in [0.29, 0.717) is 12.5 Å². The van der Waals surface area contributed by atoms with Crippen molar-refractivity contribution in [2.45, 2.75) is 52.0 Å². The van der Waals surface area contributed by atoms with Crippen molar-refractivity contribution in [1.82, 2.24) is 10.2 Å². The first kappa shape index (κ1) is 15.4. The molecular formula is C14H28N2O2. The van der Waals surface area contributed by atoms with Crippen LogP contribution in [-0.4, -0.2) is 47.7 Å². The molecule has 0 aliphatic carbocycles. The summed E-state index contributed by atoms with van der Waals surface area (Å²) < 4.78 is 0. The van der Waals surface area contributed by atoms with E-state index in [0.717, 1.165) is 32.4 Å². The zero-order chi connectivity index (χ0) is 13.6. The molecule has 1 amide bonds. The van der Waals surface area contributed by atoms with Crippen LogP contribution in [0.4, 0.5) is 0 Å². The second-order valence-corrected chi connectivity index (χ2v) is 6.04. The number of amides is 1. The zero-order valence-electron chi connectivity index (χ0n) is 12.0. The third-order valence-electron chi connectivity index (χ3n) is 3.87. The SMILES string of the molecule is CCC(C)(C)NC(=O)CN1CCCC(CCO)C1. The minimum Gasteiger partial charge on any atom is -0.396 e. The molecule has 1 aliphatic heterocycles. The molecular weight excluding hydrogens is 228 g/mol. The smallest absolute Gasteiger partial charge is 0.234 e. The fourth-order valence-corrected chi connectivity index (χ4v) is 2.42. The van der Waals surface area contributed by atoms with Gasteiger partial charge in [-0.25, -0.2) is 0 Å². The monoisotopic (exact) mass is 256 g/mol. The fourth-order valence-electron chi connectivity index (χ4n) is 2.42. The van der Waals surface area contributed by atoms with E-state index in [1.165, 1.54) is 6.42 Å². The molecule has 0 aromatic heterocycles. The van der Waals surface area contributed by atoms with Gasteiger partial charge in [0.25, 0.3) is 0 Å². The molecule has 0 spiro atoms. The summed E-state index contributed by atoms with van der Waals surface area (Å²) in [5.41, 5.74) is -0.114. The molecule has 4 heteroatoms. The Morgan fingerprint density at radius 2 is 2.22 bits per heavy atom. The Bertz CT molecular complexity index is 265. The molecule has 1 saturated heterocycles. The second kappa shape index (κ2) is 7.10. The topological polar surface area (TPSA) is 52.6 Å². The highest BCUT2D eigenvalue weighted by atomic mass is 16.3. The Hall–Kier alpha value is -0.610. The van der Waals surface area contributed by atoms with E-state index < -0.39 is 0 Å². The summed E-state index contributed by atoms with van der Waals surface area (Å²) in [7, 11) is 0. The molecule has 0 saturated carbocycles. The van der Waals surface area contributed by atoms with Gasteiger partial charge in [0.1, 0.15) is 0 Å². The predicted molar refractivity (Wildman–Crippen MR) is 73.4 cm³/mol. The van der Waals surface area contributed by atoms with Crippen LogP contribution in [0, 0.1) is 5.92 Å². The van der Waals surface area contributed by atoms with Crippen LogP contribution in [0.2, 0.25) is 0 Å². The first-order valence-corrected chi connectivity index (χ1v) is 7.11. The van der Waals surface area contributed by atoms with E-state index in [1.807, 2.05) is 0 Å². The van der Waals surface area contributed by atoms with Crippen LogP contribution in [0.25, 0.3) is 0 Å². The number of rotatable bonds is 6. The molecule has 2 N–H and O–H groups in total. The molecule has 18 heavy (non-hydrogen) atoms. The number of aliphatic hydroxyl groups is 1. The van der Waals surface area contributed by atoms with Crippen LogP contribution in [-0.2, 0) is 4.79 Å². The number of hydrogen-bond acceptors (Lipinski definition) is 3. The van der Waals surface area contributed by atoms with Crippen molar-refractivity contribution in [3.05, 3.63) is 0 Å². The molecule has 1 unspecified atom stereocenters. The van der Waals surface area contributed by atoms with Gasteiger partial charge in [0.15, 0.2) is 0 Å². The highest BCUT2D eigenvalue weighted by Gasteiger charge is 2.23. The summed E-state index contributed by atoms with van der Waals surface area (Å²) in [5.74, 6) is 0.669. The van der Waals surface area contributed by atoms with Gasteiger partial charge in [-0.3, -0.25) is 9.69 Å². The maximum atomic E-state index is 11.9. The van der Waals surface area contributed by atoms with Gasteiger partial charge in [0.05, 0.1) is 6.54 Å². The lowest BCUT2D eigenvalue weighted by Crippen LogP contribution is -2.49.